The van der Waals surface area contributed by atoms with Crippen LogP contribution >= 0.6 is 11.6 Å². The van der Waals surface area contributed by atoms with Gasteiger partial charge >= 0.3 is 5.97 Å². The van der Waals surface area contributed by atoms with Gasteiger partial charge in [-0.1, -0.05) is 29.8 Å². The largest absolute Gasteiger partial charge is 0.508 e. The van der Waals surface area contributed by atoms with Crippen LogP contribution in [0.2, 0.25) is 5.02 Å². The molecule has 3 N–H and O–H groups in total. The third-order valence-electron chi connectivity index (χ3n) is 4.35. The van der Waals surface area contributed by atoms with Crippen LogP contribution in [-0.4, -0.2) is 22.1 Å². The van der Waals surface area contributed by atoms with Crippen LogP contribution in [0.4, 0.5) is 5.69 Å². The molecule has 3 rings (SSSR count). The summed E-state index contributed by atoms with van der Waals surface area (Å²) in [5, 5.41) is 30.5. The molecule has 3 aromatic carbocycles. The molecule has 0 aliphatic carbocycles. The summed E-state index contributed by atoms with van der Waals surface area (Å²) < 4.78 is 5.68. The number of aromatic hydroxyl groups is 1. The Morgan fingerprint density at radius 1 is 1.06 bits per heavy atom. The van der Waals surface area contributed by atoms with Crippen LogP contribution in [-0.2, 0) is 11.4 Å². The van der Waals surface area contributed by atoms with Crippen molar-refractivity contribution in [3.63, 3.8) is 0 Å². The summed E-state index contributed by atoms with van der Waals surface area (Å²) in [5.41, 5.74) is 1.80. The minimum absolute atomic E-state index is 0.0632. The van der Waals surface area contributed by atoms with E-state index in [-0.39, 0.29) is 28.5 Å². The highest BCUT2D eigenvalue weighted by Gasteiger charge is 2.11. The van der Waals surface area contributed by atoms with E-state index in [4.69, 9.17) is 21.4 Å². The van der Waals surface area contributed by atoms with Crippen molar-refractivity contribution in [3.8, 4) is 17.6 Å². The first kappa shape index (κ1) is 22.4. The molecule has 0 unspecified atom stereocenters. The van der Waals surface area contributed by atoms with E-state index in [1.165, 1.54) is 42.5 Å². The molecule has 8 heteroatoms. The number of carboxylic acid groups (broad SMARTS) is 1. The number of nitriles is 1. The van der Waals surface area contributed by atoms with Crippen LogP contribution in [0.25, 0.3) is 6.08 Å². The lowest BCUT2D eigenvalue weighted by Crippen LogP contribution is -2.13. The highest BCUT2D eigenvalue weighted by Crippen LogP contribution is 2.27. The Bertz CT molecular complexity index is 1210. The molecule has 0 aromatic heterocycles. The lowest BCUT2D eigenvalue weighted by Gasteiger charge is -2.09. The lowest BCUT2D eigenvalue weighted by atomic mass is 10.1. The fourth-order valence-corrected chi connectivity index (χ4v) is 2.93. The molecule has 0 radical (unpaired) electrons. The second-order valence-electron chi connectivity index (χ2n) is 6.65. The van der Waals surface area contributed by atoms with E-state index in [0.717, 1.165) is 5.56 Å². The average Bonchev–Trinajstić information content (AvgIpc) is 2.78. The van der Waals surface area contributed by atoms with Gasteiger partial charge in [-0.05, 0) is 65.7 Å². The fourth-order valence-electron chi connectivity index (χ4n) is 2.69. The van der Waals surface area contributed by atoms with Crippen LogP contribution in [0.3, 0.4) is 0 Å². The lowest BCUT2D eigenvalue weighted by molar-refractivity contribution is -0.112. The van der Waals surface area contributed by atoms with Crippen molar-refractivity contribution in [3.05, 3.63) is 94.0 Å². The number of aromatic carboxylic acids is 1. The van der Waals surface area contributed by atoms with Gasteiger partial charge in [0, 0.05) is 5.69 Å². The fraction of sp³-hybridized carbons (Fsp3) is 0.0417. The minimum Gasteiger partial charge on any atom is -0.508 e. The molecule has 0 bridgehead atoms. The molecule has 0 aliphatic heterocycles. The number of hydrogen-bond donors (Lipinski definition) is 3. The number of benzene rings is 3. The number of phenolic OH excluding ortho intramolecular Hbond substituents is 1. The molecule has 32 heavy (non-hydrogen) atoms. The Kier molecular flexibility index (Phi) is 7.11. The van der Waals surface area contributed by atoms with Gasteiger partial charge in [-0.2, -0.15) is 5.26 Å². The van der Waals surface area contributed by atoms with E-state index >= 15 is 0 Å². The van der Waals surface area contributed by atoms with E-state index in [2.05, 4.69) is 5.32 Å². The molecule has 0 heterocycles. The molecular formula is C24H17ClN2O5. The Morgan fingerprint density at radius 2 is 1.75 bits per heavy atom. The predicted octanol–water partition coefficient (Wildman–Crippen LogP) is 4.87. The second-order valence-corrected chi connectivity index (χ2v) is 7.06. The number of ether oxygens (including phenoxy) is 1. The van der Waals surface area contributed by atoms with Crippen LogP contribution in [0, 0.1) is 11.3 Å². The van der Waals surface area contributed by atoms with E-state index < -0.39 is 11.9 Å². The first-order valence-electron chi connectivity index (χ1n) is 9.32. The molecule has 0 spiro atoms. The zero-order chi connectivity index (χ0) is 23.1. The SMILES string of the molecule is N#C/C(=C\c1ccc(OCc2ccc(C(=O)O)cc2)c(Cl)c1)C(=O)Nc1ccc(O)cc1. The second kappa shape index (κ2) is 10.2. The number of amides is 1. The monoisotopic (exact) mass is 448 g/mol. The Labute approximate surface area is 188 Å². The number of nitrogens with one attached hydrogen (secondary N) is 1. The van der Waals surface area contributed by atoms with Gasteiger partial charge in [0.1, 0.15) is 29.7 Å². The van der Waals surface area contributed by atoms with Crippen LogP contribution in [0.1, 0.15) is 21.5 Å². The maximum Gasteiger partial charge on any atom is 0.335 e. The molecule has 3 aromatic rings. The first-order valence-corrected chi connectivity index (χ1v) is 9.70. The zero-order valence-electron chi connectivity index (χ0n) is 16.6. The zero-order valence-corrected chi connectivity index (χ0v) is 17.3. The Balaban J connectivity index is 1.67. The highest BCUT2D eigenvalue weighted by atomic mass is 35.5. The standard InChI is InChI=1S/C24H17ClN2O5/c25-21-12-16(11-18(13-26)23(29)27-19-6-8-20(28)9-7-19)3-10-22(21)32-14-15-1-4-17(5-2-15)24(30)31/h1-12,28H,14H2,(H,27,29)(H,30,31)/b18-11+. The Morgan fingerprint density at radius 3 is 2.34 bits per heavy atom. The number of phenols is 1. The number of carbonyl (C=O) groups excluding carboxylic acids is 1. The Hall–Kier alpha value is -4.28. The number of nitrogens with zero attached hydrogens (tertiary/aromatic N) is 1. The van der Waals surface area contributed by atoms with Crippen molar-refractivity contribution in [2.45, 2.75) is 6.61 Å². The van der Waals surface area contributed by atoms with Gasteiger partial charge in [-0.3, -0.25) is 4.79 Å². The summed E-state index contributed by atoms with van der Waals surface area (Å²) in [7, 11) is 0. The van der Waals surface area contributed by atoms with E-state index in [1.54, 1.807) is 30.3 Å². The van der Waals surface area contributed by atoms with Gasteiger partial charge in [0.05, 0.1) is 10.6 Å². The third kappa shape index (κ3) is 5.88. The molecule has 160 valence electrons. The van der Waals surface area contributed by atoms with Gasteiger partial charge in [-0.15, -0.1) is 0 Å². The maximum absolute atomic E-state index is 12.4. The van der Waals surface area contributed by atoms with Crippen molar-refractivity contribution >= 4 is 35.2 Å². The number of rotatable bonds is 7. The van der Waals surface area contributed by atoms with Gasteiger partial charge in [-0.25, -0.2) is 4.79 Å². The topological polar surface area (TPSA) is 120 Å². The minimum atomic E-state index is -1.00. The molecular weight excluding hydrogens is 432 g/mol. The summed E-state index contributed by atoms with van der Waals surface area (Å²) in [6.45, 7) is 0.188. The molecule has 0 aliphatic rings. The number of hydrogen-bond acceptors (Lipinski definition) is 5. The van der Waals surface area contributed by atoms with Gasteiger partial charge < -0.3 is 20.3 Å². The summed E-state index contributed by atoms with van der Waals surface area (Å²) >= 11 is 6.27. The highest BCUT2D eigenvalue weighted by molar-refractivity contribution is 6.32. The molecule has 0 saturated carbocycles. The van der Waals surface area contributed by atoms with Gasteiger partial charge in [0.25, 0.3) is 5.91 Å². The van der Waals surface area contributed by atoms with E-state index in [0.29, 0.717) is 17.0 Å². The maximum atomic E-state index is 12.4. The summed E-state index contributed by atoms with van der Waals surface area (Å²) in [6.07, 6.45) is 1.40. The quantitative estimate of drug-likeness (QED) is 0.269. The average molecular weight is 449 g/mol. The van der Waals surface area contributed by atoms with Crippen LogP contribution in [0.15, 0.2) is 72.3 Å². The van der Waals surface area contributed by atoms with Crippen LogP contribution in [0.5, 0.6) is 11.5 Å². The molecule has 7 nitrogen and oxygen atoms in total. The van der Waals surface area contributed by atoms with Crippen molar-refractivity contribution < 1.29 is 24.5 Å². The molecule has 0 fully saturated rings. The normalized spacial score (nSPS) is 10.8. The smallest absolute Gasteiger partial charge is 0.335 e. The van der Waals surface area contributed by atoms with Crippen molar-refractivity contribution in [1.82, 2.24) is 0 Å². The molecule has 1 amide bonds. The molecule has 0 saturated heterocycles. The first-order chi connectivity index (χ1) is 15.4. The van der Waals surface area contributed by atoms with Gasteiger partial charge in [0.2, 0.25) is 0 Å². The number of halogens is 1. The van der Waals surface area contributed by atoms with Crippen molar-refractivity contribution in [2.24, 2.45) is 0 Å². The van der Waals surface area contributed by atoms with Crippen molar-refractivity contribution in [1.29, 1.82) is 5.26 Å². The van der Waals surface area contributed by atoms with E-state index in [1.807, 2.05) is 6.07 Å². The summed E-state index contributed by atoms with van der Waals surface area (Å²) in [4.78, 5) is 23.3. The predicted molar refractivity (Wildman–Crippen MR) is 120 cm³/mol. The van der Waals surface area contributed by atoms with Crippen molar-refractivity contribution in [2.75, 3.05) is 5.32 Å². The van der Waals surface area contributed by atoms with Gasteiger partial charge in [0.15, 0.2) is 0 Å². The molecule has 0 atom stereocenters. The number of anilines is 1. The van der Waals surface area contributed by atoms with Crippen LogP contribution < -0.4 is 10.1 Å². The summed E-state index contributed by atoms with van der Waals surface area (Å²) in [6, 6.07) is 18.8. The number of carboxylic acids is 1. The number of carbonyl (C=O) groups is 2. The third-order valence-corrected chi connectivity index (χ3v) is 4.65. The summed E-state index contributed by atoms with van der Waals surface area (Å²) in [5.74, 6) is -1.14. The van der Waals surface area contributed by atoms with E-state index in [9.17, 15) is 20.0 Å².